The van der Waals surface area contributed by atoms with Gasteiger partial charge in [0.1, 0.15) is 5.82 Å². The van der Waals surface area contributed by atoms with Gasteiger partial charge in [-0.2, -0.15) is 5.10 Å². The molecular formula is C18H17ClFN6O2PS. The first kappa shape index (κ1) is 20.7. The number of urea groups is 1. The zero-order valence-electron chi connectivity index (χ0n) is 15.5. The molecule has 12 heteroatoms. The molecule has 3 aromatic rings. The van der Waals surface area contributed by atoms with Gasteiger partial charge >= 0.3 is 6.03 Å². The Labute approximate surface area is 179 Å². The van der Waals surface area contributed by atoms with Crippen LogP contribution in [0.3, 0.4) is 0 Å². The molecule has 2 unspecified atom stereocenters. The van der Waals surface area contributed by atoms with E-state index in [-0.39, 0.29) is 15.9 Å². The summed E-state index contributed by atoms with van der Waals surface area (Å²) < 4.78 is 38.8. The summed E-state index contributed by atoms with van der Waals surface area (Å²) in [5.74, 6) is -0.331. The molecule has 8 nitrogen and oxygen atoms in total. The Morgan fingerprint density at radius 2 is 2.00 bits per heavy atom. The molecular weight excluding hydrogens is 450 g/mol. The zero-order chi connectivity index (χ0) is 21.5. The minimum Gasteiger partial charge on any atom is -0.306 e. The summed E-state index contributed by atoms with van der Waals surface area (Å²) in [6.07, 6.45) is 6.43. The summed E-state index contributed by atoms with van der Waals surface area (Å²) in [6.45, 7) is 0. The highest BCUT2D eigenvalue weighted by Gasteiger charge is 2.26. The number of hydrogen-bond acceptors (Lipinski definition) is 5. The SMILES string of the molecule is N=S(=O)(NC(=O)Nc1c(-c2ccncc2)cc(F)c2c1CCC2)c1nn(P)cc1Cl. The number of nitrogens with zero attached hydrogens (tertiary/aromatic N) is 3. The summed E-state index contributed by atoms with van der Waals surface area (Å²) in [4.78, 5) is 16.6. The van der Waals surface area contributed by atoms with Gasteiger partial charge in [0, 0.05) is 24.2 Å². The van der Waals surface area contributed by atoms with Gasteiger partial charge in [0.15, 0.2) is 14.9 Å². The maximum Gasteiger partial charge on any atom is 0.332 e. The molecule has 1 aromatic carbocycles. The lowest BCUT2D eigenvalue weighted by Gasteiger charge is -2.17. The highest BCUT2D eigenvalue weighted by atomic mass is 35.5. The van der Waals surface area contributed by atoms with Gasteiger partial charge in [-0.1, -0.05) is 11.6 Å². The van der Waals surface area contributed by atoms with E-state index in [2.05, 4.69) is 29.5 Å². The van der Waals surface area contributed by atoms with Crippen molar-refractivity contribution in [1.82, 2.24) is 19.3 Å². The number of nitrogens with one attached hydrogen (secondary N) is 3. The van der Waals surface area contributed by atoms with Gasteiger partial charge in [-0.05, 0) is 63.5 Å². The van der Waals surface area contributed by atoms with Crippen LogP contribution in [-0.2, 0) is 22.8 Å². The predicted octanol–water partition coefficient (Wildman–Crippen LogP) is 4.01. The second-order valence-corrected chi connectivity index (χ2v) is 9.34. The fourth-order valence-electron chi connectivity index (χ4n) is 3.50. The van der Waals surface area contributed by atoms with Crippen LogP contribution in [0.25, 0.3) is 11.1 Å². The number of hydrogen-bond donors (Lipinski definition) is 3. The molecule has 4 rings (SSSR count). The quantitative estimate of drug-likeness (QED) is 0.504. The third-order valence-electron chi connectivity index (χ3n) is 4.74. The molecule has 2 heterocycles. The van der Waals surface area contributed by atoms with Gasteiger partial charge in [-0.3, -0.25) is 9.44 Å². The smallest absolute Gasteiger partial charge is 0.306 e. The fourth-order valence-corrected chi connectivity index (χ4v) is 5.35. The summed E-state index contributed by atoms with van der Waals surface area (Å²) in [5, 5.41) is 6.27. The van der Waals surface area contributed by atoms with Crippen LogP contribution < -0.4 is 10.0 Å². The predicted molar refractivity (Wildman–Crippen MR) is 115 cm³/mol. The van der Waals surface area contributed by atoms with E-state index in [0.29, 0.717) is 40.8 Å². The number of amides is 2. The lowest BCUT2D eigenvalue weighted by atomic mass is 9.97. The molecule has 0 radical (unpaired) electrons. The van der Waals surface area contributed by atoms with Crippen molar-refractivity contribution in [1.29, 1.82) is 4.78 Å². The molecule has 30 heavy (non-hydrogen) atoms. The Bertz CT molecular complexity index is 1250. The molecule has 0 spiro atoms. The number of carbonyl (C=O) groups is 1. The monoisotopic (exact) mass is 466 g/mol. The molecule has 0 fully saturated rings. The molecule has 3 N–H and O–H groups in total. The number of pyridine rings is 1. The van der Waals surface area contributed by atoms with Gasteiger partial charge in [-0.15, -0.1) is 0 Å². The van der Waals surface area contributed by atoms with Crippen molar-refractivity contribution < 1.29 is 13.4 Å². The van der Waals surface area contributed by atoms with Gasteiger partial charge in [0.25, 0.3) is 0 Å². The third-order valence-corrected chi connectivity index (χ3v) is 6.72. The van der Waals surface area contributed by atoms with E-state index in [1.165, 1.54) is 16.7 Å². The Morgan fingerprint density at radius 1 is 1.30 bits per heavy atom. The normalized spacial score (nSPS) is 14.8. The van der Waals surface area contributed by atoms with E-state index in [0.717, 1.165) is 6.42 Å². The van der Waals surface area contributed by atoms with Crippen molar-refractivity contribution in [2.24, 2.45) is 0 Å². The number of fused-ring (bicyclic) bond motifs is 1. The minimum atomic E-state index is -3.81. The second-order valence-electron chi connectivity index (χ2n) is 6.70. The summed E-state index contributed by atoms with van der Waals surface area (Å²) in [5.41, 5.74) is 2.82. The molecule has 2 atom stereocenters. The van der Waals surface area contributed by atoms with Crippen molar-refractivity contribution in [2.45, 2.75) is 24.3 Å². The number of aromatic nitrogens is 3. The molecule has 0 aliphatic heterocycles. The van der Waals surface area contributed by atoms with Crippen molar-refractivity contribution in [3.05, 3.63) is 58.8 Å². The van der Waals surface area contributed by atoms with Gasteiger partial charge < -0.3 is 5.32 Å². The average Bonchev–Trinajstić information content (AvgIpc) is 3.31. The van der Waals surface area contributed by atoms with Gasteiger partial charge in [0.05, 0.1) is 10.7 Å². The number of carbonyl (C=O) groups excluding carboxylic acids is 1. The van der Waals surface area contributed by atoms with Crippen LogP contribution in [0.1, 0.15) is 17.5 Å². The standard InChI is InChI=1S/C18H17ClFN6O2PS/c19-14-9-26(29)24-17(14)30(21,28)25-18(27)23-16-12-3-1-2-11(12)15(20)8-13(16)10-4-6-22-7-5-10/h4-9H,1-3,29H2,(H3,21,23,25,27,28). The highest BCUT2D eigenvalue weighted by molar-refractivity contribution is 7.91. The minimum absolute atomic E-state index is 0.00884. The number of benzene rings is 1. The summed E-state index contributed by atoms with van der Waals surface area (Å²) in [6, 6.07) is 3.91. The van der Waals surface area contributed by atoms with E-state index < -0.39 is 15.9 Å². The number of halogens is 2. The molecule has 156 valence electrons. The first-order chi connectivity index (χ1) is 14.3. The van der Waals surface area contributed by atoms with E-state index in [1.54, 1.807) is 24.5 Å². The summed E-state index contributed by atoms with van der Waals surface area (Å²) >= 11 is 5.96. The largest absolute Gasteiger partial charge is 0.332 e. The maximum absolute atomic E-state index is 14.6. The number of anilines is 1. The lowest BCUT2D eigenvalue weighted by Crippen LogP contribution is -2.34. The Morgan fingerprint density at radius 3 is 2.67 bits per heavy atom. The van der Waals surface area contributed by atoms with Crippen molar-refractivity contribution in [3.63, 3.8) is 0 Å². The van der Waals surface area contributed by atoms with E-state index in [9.17, 15) is 13.4 Å². The first-order valence-electron chi connectivity index (χ1n) is 8.88. The summed E-state index contributed by atoms with van der Waals surface area (Å²) in [7, 11) is -1.60. The maximum atomic E-state index is 14.6. The Hall–Kier alpha value is -2.55. The second kappa shape index (κ2) is 7.94. The Kier molecular flexibility index (Phi) is 5.48. The van der Waals surface area contributed by atoms with Crippen LogP contribution in [0.5, 0.6) is 0 Å². The molecule has 0 saturated carbocycles. The molecule has 1 aliphatic rings. The fraction of sp³-hybridized carbons (Fsp3) is 0.167. The molecule has 2 aromatic heterocycles. The highest BCUT2D eigenvalue weighted by Crippen LogP contribution is 2.39. The van der Waals surface area contributed by atoms with Crippen LogP contribution in [0, 0.1) is 10.6 Å². The van der Waals surface area contributed by atoms with Crippen LogP contribution >= 0.6 is 21.0 Å². The van der Waals surface area contributed by atoms with Crippen LogP contribution in [-0.4, -0.2) is 24.8 Å². The van der Waals surface area contributed by atoms with Crippen LogP contribution in [0.2, 0.25) is 5.02 Å². The lowest BCUT2D eigenvalue weighted by molar-refractivity contribution is 0.256. The van der Waals surface area contributed by atoms with Crippen LogP contribution in [0.4, 0.5) is 14.9 Å². The molecule has 0 saturated heterocycles. The third kappa shape index (κ3) is 3.90. The zero-order valence-corrected chi connectivity index (χ0v) is 18.2. The molecule has 2 amide bonds. The van der Waals surface area contributed by atoms with E-state index >= 15 is 0 Å². The van der Waals surface area contributed by atoms with Gasteiger partial charge in [-0.25, -0.2) is 22.9 Å². The van der Waals surface area contributed by atoms with Gasteiger partial charge in [0.2, 0.25) is 0 Å². The molecule has 0 bridgehead atoms. The van der Waals surface area contributed by atoms with E-state index in [1.807, 2.05) is 0 Å². The topological polar surface area (TPSA) is 113 Å². The molecule has 1 aliphatic carbocycles. The Balaban J connectivity index is 1.70. The van der Waals surface area contributed by atoms with Crippen molar-refractivity contribution >= 4 is 42.6 Å². The average molecular weight is 467 g/mol. The van der Waals surface area contributed by atoms with Crippen LogP contribution in [0.15, 0.2) is 41.8 Å². The van der Waals surface area contributed by atoms with Crippen molar-refractivity contribution in [3.8, 4) is 11.1 Å². The van der Waals surface area contributed by atoms with Crippen molar-refractivity contribution in [2.75, 3.05) is 5.32 Å². The van der Waals surface area contributed by atoms with E-state index in [4.69, 9.17) is 16.4 Å². The first-order valence-corrected chi connectivity index (χ1v) is 11.3. The number of rotatable bonds is 4.